The molecule has 4 rings (SSSR count). The summed E-state index contributed by atoms with van der Waals surface area (Å²) in [4.78, 5) is 2.42. The van der Waals surface area contributed by atoms with Gasteiger partial charge in [0.25, 0.3) is 0 Å². The van der Waals surface area contributed by atoms with Crippen molar-refractivity contribution in [2.24, 2.45) is 0 Å². The second-order valence-electron chi connectivity index (χ2n) is 6.79. The summed E-state index contributed by atoms with van der Waals surface area (Å²) in [5, 5.41) is 8.60. The summed E-state index contributed by atoms with van der Waals surface area (Å²) in [6.45, 7) is 2.81. The van der Waals surface area contributed by atoms with Crippen LogP contribution in [0, 0.1) is 0 Å². The predicted octanol–water partition coefficient (Wildman–Crippen LogP) is 3.27. The summed E-state index contributed by atoms with van der Waals surface area (Å²) in [6, 6.07) is 16.2. The molecule has 0 aliphatic carbocycles. The topological polar surface area (TPSA) is 52.4 Å². The Morgan fingerprint density at radius 1 is 1.04 bits per heavy atom. The van der Waals surface area contributed by atoms with Crippen molar-refractivity contribution in [3.63, 3.8) is 0 Å². The zero-order valence-corrected chi connectivity index (χ0v) is 15.7. The molecule has 1 aliphatic rings. The maximum absolute atomic E-state index is 5.62. The Morgan fingerprint density at radius 3 is 2.67 bits per heavy atom. The minimum atomic E-state index is 0.430. The van der Waals surface area contributed by atoms with Gasteiger partial charge < -0.3 is 9.47 Å². The SMILES string of the molecule is COc1cccc([C@@H]2CCN(Cc3cn(-c4ccccc4)nn3)C2)c1OC. The molecular formula is C21H24N4O2. The van der Waals surface area contributed by atoms with Crippen LogP contribution in [-0.4, -0.2) is 47.2 Å². The molecule has 0 amide bonds. The fourth-order valence-electron chi connectivity index (χ4n) is 3.77. The molecule has 27 heavy (non-hydrogen) atoms. The summed E-state index contributed by atoms with van der Waals surface area (Å²) in [5.41, 5.74) is 3.22. The molecule has 2 heterocycles. The van der Waals surface area contributed by atoms with E-state index < -0.39 is 0 Å². The third kappa shape index (κ3) is 3.66. The molecule has 0 saturated carbocycles. The molecule has 0 unspecified atom stereocenters. The Labute approximate surface area is 159 Å². The molecule has 0 N–H and O–H groups in total. The first-order valence-electron chi connectivity index (χ1n) is 9.18. The van der Waals surface area contributed by atoms with Gasteiger partial charge in [0.2, 0.25) is 0 Å². The number of benzene rings is 2. The predicted molar refractivity (Wildman–Crippen MR) is 104 cm³/mol. The maximum Gasteiger partial charge on any atom is 0.164 e. The van der Waals surface area contributed by atoms with Crippen molar-refractivity contribution in [1.82, 2.24) is 19.9 Å². The first-order valence-corrected chi connectivity index (χ1v) is 9.18. The average molecular weight is 364 g/mol. The van der Waals surface area contributed by atoms with Crippen LogP contribution in [0.4, 0.5) is 0 Å². The summed E-state index contributed by atoms with van der Waals surface area (Å²) in [6.07, 6.45) is 3.10. The van der Waals surface area contributed by atoms with Crippen LogP contribution in [0.1, 0.15) is 23.6 Å². The Hall–Kier alpha value is -2.86. The fourth-order valence-corrected chi connectivity index (χ4v) is 3.77. The largest absolute Gasteiger partial charge is 0.493 e. The summed E-state index contributed by atoms with van der Waals surface area (Å²) in [7, 11) is 3.38. The number of hydrogen-bond donors (Lipinski definition) is 0. The number of ether oxygens (including phenoxy) is 2. The minimum absolute atomic E-state index is 0.430. The van der Waals surface area contributed by atoms with E-state index in [1.807, 2.05) is 53.3 Å². The number of likely N-dealkylation sites (tertiary alicyclic amines) is 1. The molecule has 0 spiro atoms. The van der Waals surface area contributed by atoms with Crippen LogP contribution in [0.2, 0.25) is 0 Å². The van der Waals surface area contributed by atoms with E-state index in [4.69, 9.17) is 9.47 Å². The molecule has 0 bridgehead atoms. The average Bonchev–Trinajstić information content (AvgIpc) is 3.38. The van der Waals surface area contributed by atoms with Gasteiger partial charge in [-0.15, -0.1) is 5.10 Å². The number of rotatable bonds is 6. The van der Waals surface area contributed by atoms with E-state index in [2.05, 4.69) is 21.3 Å². The molecule has 0 radical (unpaired) electrons. The van der Waals surface area contributed by atoms with E-state index in [0.29, 0.717) is 5.92 Å². The van der Waals surface area contributed by atoms with Crippen molar-refractivity contribution in [2.75, 3.05) is 27.3 Å². The van der Waals surface area contributed by atoms with Crippen LogP contribution >= 0.6 is 0 Å². The highest BCUT2D eigenvalue weighted by atomic mass is 16.5. The molecule has 2 aromatic carbocycles. The third-order valence-corrected chi connectivity index (χ3v) is 5.09. The van der Waals surface area contributed by atoms with Crippen LogP contribution < -0.4 is 9.47 Å². The van der Waals surface area contributed by atoms with Gasteiger partial charge in [-0.1, -0.05) is 35.5 Å². The Bertz CT molecular complexity index is 894. The maximum atomic E-state index is 5.62. The van der Waals surface area contributed by atoms with Crippen molar-refractivity contribution in [3.05, 3.63) is 66.0 Å². The number of methoxy groups -OCH3 is 2. The van der Waals surface area contributed by atoms with E-state index in [1.165, 1.54) is 5.56 Å². The molecule has 6 nitrogen and oxygen atoms in total. The quantitative estimate of drug-likeness (QED) is 0.672. The summed E-state index contributed by atoms with van der Waals surface area (Å²) in [5.74, 6) is 2.07. The molecular weight excluding hydrogens is 340 g/mol. The van der Waals surface area contributed by atoms with Gasteiger partial charge in [-0.25, -0.2) is 4.68 Å². The molecule has 1 saturated heterocycles. The lowest BCUT2D eigenvalue weighted by Crippen LogP contribution is -2.20. The van der Waals surface area contributed by atoms with Gasteiger partial charge in [0.15, 0.2) is 11.5 Å². The van der Waals surface area contributed by atoms with E-state index in [-0.39, 0.29) is 0 Å². The first kappa shape index (κ1) is 17.5. The van der Waals surface area contributed by atoms with Crippen LogP contribution in [-0.2, 0) is 6.54 Å². The first-order chi connectivity index (χ1) is 13.3. The zero-order chi connectivity index (χ0) is 18.6. The van der Waals surface area contributed by atoms with Gasteiger partial charge in [0.05, 0.1) is 31.8 Å². The number of aromatic nitrogens is 3. The van der Waals surface area contributed by atoms with E-state index >= 15 is 0 Å². The zero-order valence-electron chi connectivity index (χ0n) is 15.7. The molecule has 140 valence electrons. The van der Waals surface area contributed by atoms with Crippen molar-refractivity contribution in [1.29, 1.82) is 0 Å². The van der Waals surface area contributed by atoms with Gasteiger partial charge in [0, 0.05) is 24.6 Å². The number of hydrogen-bond acceptors (Lipinski definition) is 5. The van der Waals surface area contributed by atoms with Crippen LogP contribution in [0.15, 0.2) is 54.7 Å². The highest BCUT2D eigenvalue weighted by Gasteiger charge is 2.27. The van der Waals surface area contributed by atoms with Gasteiger partial charge >= 0.3 is 0 Å². The van der Waals surface area contributed by atoms with Crippen molar-refractivity contribution < 1.29 is 9.47 Å². The molecule has 3 aromatic rings. The summed E-state index contributed by atoms with van der Waals surface area (Å²) < 4.78 is 12.9. The van der Waals surface area contributed by atoms with Gasteiger partial charge in [-0.2, -0.15) is 0 Å². The van der Waals surface area contributed by atoms with Crippen LogP contribution in [0.3, 0.4) is 0 Å². The smallest absolute Gasteiger partial charge is 0.164 e. The third-order valence-electron chi connectivity index (χ3n) is 5.09. The fraction of sp³-hybridized carbons (Fsp3) is 0.333. The van der Waals surface area contributed by atoms with Crippen molar-refractivity contribution in [2.45, 2.75) is 18.9 Å². The highest BCUT2D eigenvalue weighted by Crippen LogP contribution is 2.39. The molecule has 1 aromatic heterocycles. The lowest BCUT2D eigenvalue weighted by Gasteiger charge is -2.18. The second kappa shape index (κ2) is 7.80. The number of nitrogens with zero attached hydrogens (tertiary/aromatic N) is 4. The molecule has 1 aliphatic heterocycles. The summed E-state index contributed by atoms with van der Waals surface area (Å²) >= 11 is 0. The molecule has 1 atom stereocenters. The highest BCUT2D eigenvalue weighted by molar-refractivity contribution is 5.48. The second-order valence-corrected chi connectivity index (χ2v) is 6.79. The number of para-hydroxylation sites is 2. The van der Waals surface area contributed by atoms with Gasteiger partial charge in [0.1, 0.15) is 0 Å². The van der Waals surface area contributed by atoms with E-state index in [1.54, 1.807) is 14.2 Å². The Morgan fingerprint density at radius 2 is 1.89 bits per heavy atom. The molecule has 6 heteroatoms. The minimum Gasteiger partial charge on any atom is -0.493 e. The Balaban J connectivity index is 1.44. The van der Waals surface area contributed by atoms with E-state index in [0.717, 1.165) is 48.9 Å². The van der Waals surface area contributed by atoms with Gasteiger partial charge in [-0.3, -0.25) is 4.90 Å². The standard InChI is InChI=1S/C21H24N4O2/c1-26-20-10-6-9-19(21(20)27-2)16-11-12-24(13-16)14-17-15-25(23-22-17)18-7-4-3-5-8-18/h3-10,15-16H,11-14H2,1-2H3/t16-/m1/s1. The Kier molecular flexibility index (Phi) is 5.07. The van der Waals surface area contributed by atoms with Crippen LogP contribution in [0.25, 0.3) is 5.69 Å². The van der Waals surface area contributed by atoms with Gasteiger partial charge in [-0.05, 0) is 31.2 Å². The van der Waals surface area contributed by atoms with Crippen LogP contribution in [0.5, 0.6) is 11.5 Å². The normalized spacial score (nSPS) is 17.2. The molecule has 1 fully saturated rings. The lowest BCUT2D eigenvalue weighted by atomic mass is 9.97. The monoisotopic (exact) mass is 364 g/mol. The van der Waals surface area contributed by atoms with Crippen molar-refractivity contribution >= 4 is 0 Å². The lowest BCUT2D eigenvalue weighted by molar-refractivity contribution is 0.319. The van der Waals surface area contributed by atoms with Crippen molar-refractivity contribution in [3.8, 4) is 17.2 Å². The van der Waals surface area contributed by atoms with E-state index in [9.17, 15) is 0 Å².